The summed E-state index contributed by atoms with van der Waals surface area (Å²) in [5.74, 6) is 0.980. The molecular weight excluding hydrogens is 150 g/mol. The fourth-order valence-electron chi connectivity index (χ4n) is 2.73. The topological polar surface area (TPSA) is 23.5 Å². The van der Waals surface area contributed by atoms with Gasteiger partial charge in [-0.15, -0.1) is 0 Å². The zero-order valence-corrected chi connectivity index (χ0v) is 8.08. The maximum atomic E-state index is 10.4. The van der Waals surface area contributed by atoms with Crippen molar-refractivity contribution in [3.8, 4) is 0 Å². The highest BCUT2D eigenvalue weighted by Crippen LogP contribution is 2.39. The Kier molecular flexibility index (Phi) is 1.92. The van der Waals surface area contributed by atoms with Crippen LogP contribution in [-0.2, 0) is 0 Å². The SMILES string of the molecule is CC(C)[C@@]1(O)CN2CCC1CC2. The van der Waals surface area contributed by atoms with Gasteiger partial charge in [-0.1, -0.05) is 13.8 Å². The fourth-order valence-corrected chi connectivity index (χ4v) is 2.73. The first-order valence-corrected chi connectivity index (χ1v) is 5.07. The molecule has 2 heteroatoms. The Morgan fingerprint density at radius 2 is 1.92 bits per heavy atom. The lowest BCUT2D eigenvalue weighted by atomic mass is 9.70. The van der Waals surface area contributed by atoms with E-state index >= 15 is 0 Å². The van der Waals surface area contributed by atoms with Gasteiger partial charge in [0.2, 0.25) is 0 Å². The zero-order valence-electron chi connectivity index (χ0n) is 8.08. The van der Waals surface area contributed by atoms with Gasteiger partial charge in [-0.3, -0.25) is 0 Å². The second-order valence-corrected chi connectivity index (χ2v) is 4.70. The first-order valence-electron chi connectivity index (χ1n) is 5.07. The summed E-state index contributed by atoms with van der Waals surface area (Å²) in [5, 5.41) is 10.4. The van der Waals surface area contributed by atoms with Crippen molar-refractivity contribution in [1.82, 2.24) is 4.90 Å². The Bertz CT molecular complexity index is 173. The van der Waals surface area contributed by atoms with Crippen molar-refractivity contribution >= 4 is 0 Å². The molecule has 3 heterocycles. The van der Waals surface area contributed by atoms with Crippen molar-refractivity contribution in [2.75, 3.05) is 19.6 Å². The second kappa shape index (κ2) is 2.71. The van der Waals surface area contributed by atoms with Crippen LogP contribution < -0.4 is 0 Å². The van der Waals surface area contributed by atoms with Crippen LogP contribution in [0.2, 0.25) is 0 Å². The van der Waals surface area contributed by atoms with Crippen LogP contribution in [-0.4, -0.2) is 35.2 Å². The number of fused-ring (bicyclic) bond motifs is 3. The van der Waals surface area contributed by atoms with Crippen LogP contribution in [0.4, 0.5) is 0 Å². The predicted octanol–water partition coefficient (Wildman–Crippen LogP) is 1.10. The molecule has 0 saturated carbocycles. The van der Waals surface area contributed by atoms with E-state index in [1.165, 1.54) is 25.9 Å². The number of hydrogen-bond donors (Lipinski definition) is 1. The van der Waals surface area contributed by atoms with E-state index in [1.54, 1.807) is 0 Å². The van der Waals surface area contributed by atoms with Gasteiger partial charge in [0.1, 0.15) is 0 Å². The first-order chi connectivity index (χ1) is 5.63. The summed E-state index contributed by atoms with van der Waals surface area (Å²) in [5.41, 5.74) is -0.378. The van der Waals surface area contributed by atoms with E-state index in [0.29, 0.717) is 11.8 Å². The van der Waals surface area contributed by atoms with E-state index in [2.05, 4.69) is 18.7 Å². The van der Waals surface area contributed by atoms with Crippen molar-refractivity contribution < 1.29 is 5.11 Å². The molecule has 0 aromatic carbocycles. The van der Waals surface area contributed by atoms with E-state index in [0.717, 1.165) is 6.54 Å². The second-order valence-electron chi connectivity index (χ2n) is 4.70. The Labute approximate surface area is 74.6 Å². The molecule has 0 radical (unpaired) electrons. The van der Waals surface area contributed by atoms with Crippen LogP contribution in [0.25, 0.3) is 0 Å². The van der Waals surface area contributed by atoms with Crippen LogP contribution in [0.3, 0.4) is 0 Å². The molecule has 2 nitrogen and oxygen atoms in total. The average molecular weight is 169 g/mol. The summed E-state index contributed by atoms with van der Waals surface area (Å²) in [6.07, 6.45) is 2.41. The van der Waals surface area contributed by atoms with Crippen LogP contribution in [0.1, 0.15) is 26.7 Å². The summed E-state index contributed by atoms with van der Waals surface area (Å²) in [4.78, 5) is 2.40. The lowest BCUT2D eigenvalue weighted by molar-refractivity contribution is -0.138. The molecule has 1 N–H and O–H groups in total. The fraction of sp³-hybridized carbons (Fsp3) is 1.00. The normalized spacial score (nSPS) is 47.0. The molecular formula is C10H19NO. The minimum atomic E-state index is -0.378. The van der Waals surface area contributed by atoms with E-state index in [4.69, 9.17) is 0 Å². The number of piperidine rings is 3. The third-order valence-corrected chi connectivity index (χ3v) is 3.77. The highest BCUT2D eigenvalue weighted by molar-refractivity contribution is 4.99. The number of rotatable bonds is 1. The average Bonchev–Trinajstić information content (AvgIpc) is 2.05. The standard InChI is InChI=1S/C10H19NO/c1-8(2)10(12)7-11-5-3-9(10)4-6-11/h8-9,12H,3-7H2,1-2H3/t10-/m0/s1. The minimum absolute atomic E-state index is 0.378. The van der Waals surface area contributed by atoms with Crippen molar-refractivity contribution in [3.05, 3.63) is 0 Å². The zero-order chi connectivity index (χ0) is 8.77. The largest absolute Gasteiger partial charge is 0.388 e. The van der Waals surface area contributed by atoms with E-state index in [9.17, 15) is 5.11 Å². The predicted molar refractivity (Wildman–Crippen MR) is 49.0 cm³/mol. The van der Waals surface area contributed by atoms with Crippen LogP contribution in [0.5, 0.6) is 0 Å². The van der Waals surface area contributed by atoms with E-state index < -0.39 is 0 Å². The first kappa shape index (κ1) is 8.52. The maximum absolute atomic E-state index is 10.4. The van der Waals surface area contributed by atoms with Gasteiger partial charge in [0.05, 0.1) is 5.60 Å². The van der Waals surface area contributed by atoms with Gasteiger partial charge in [-0.05, 0) is 37.8 Å². The van der Waals surface area contributed by atoms with Gasteiger partial charge in [-0.2, -0.15) is 0 Å². The number of aliphatic hydroxyl groups is 1. The van der Waals surface area contributed by atoms with Gasteiger partial charge >= 0.3 is 0 Å². The molecule has 3 fully saturated rings. The third-order valence-electron chi connectivity index (χ3n) is 3.77. The number of hydrogen-bond acceptors (Lipinski definition) is 2. The molecule has 0 aromatic heterocycles. The lowest BCUT2D eigenvalue weighted by Gasteiger charge is -2.52. The van der Waals surface area contributed by atoms with Crippen LogP contribution in [0.15, 0.2) is 0 Å². The number of nitrogens with zero attached hydrogens (tertiary/aromatic N) is 1. The summed E-state index contributed by atoms with van der Waals surface area (Å²) >= 11 is 0. The van der Waals surface area contributed by atoms with Gasteiger partial charge in [0.25, 0.3) is 0 Å². The molecule has 3 rings (SSSR count). The highest BCUT2D eigenvalue weighted by Gasteiger charge is 2.46. The highest BCUT2D eigenvalue weighted by atomic mass is 16.3. The lowest BCUT2D eigenvalue weighted by Crippen LogP contribution is -2.61. The summed E-state index contributed by atoms with van der Waals surface area (Å²) in [6.45, 7) is 7.61. The molecule has 3 aliphatic rings. The molecule has 0 amide bonds. The molecule has 2 bridgehead atoms. The Morgan fingerprint density at radius 3 is 2.17 bits per heavy atom. The van der Waals surface area contributed by atoms with Crippen molar-refractivity contribution in [3.63, 3.8) is 0 Å². The van der Waals surface area contributed by atoms with Crippen molar-refractivity contribution in [2.45, 2.75) is 32.3 Å². The monoisotopic (exact) mass is 169 g/mol. The molecule has 70 valence electrons. The molecule has 3 saturated heterocycles. The van der Waals surface area contributed by atoms with E-state index in [-0.39, 0.29) is 5.60 Å². The molecule has 1 atom stereocenters. The quantitative estimate of drug-likeness (QED) is 0.635. The summed E-state index contributed by atoms with van der Waals surface area (Å²) in [6, 6.07) is 0. The van der Waals surface area contributed by atoms with Gasteiger partial charge in [0, 0.05) is 6.54 Å². The van der Waals surface area contributed by atoms with Gasteiger partial charge in [-0.25, -0.2) is 0 Å². The van der Waals surface area contributed by atoms with Crippen LogP contribution >= 0.6 is 0 Å². The maximum Gasteiger partial charge on any atom is 0.0825 e. The van der Waals surface area contributed by atoms with Gasteiger partial charge < -0.3 is 10.0 Å². The minimum Gasteiger partial charge on any atom is -0.388 e. The molecule has 0 unspecified atom stereocenters. The third kappa shape index (κ3) is 1.09. The molecule has 0 aromatic rings. The molecule has 0 aliphatic carbocycles. The summed E-state index contributed by atoms with van der Waals surface area (Å²) < 4.78 is 0. The van der Waals surface area contributed by atoms with E-state index in [1.807, 2.05) is 0 Å². The Hall–Kier alpha value is -0.0800. The Balaban J connectivity index is 2.17. The van der Waals surface area contributed by atoms with Crippen molar-refractivity contribution in [1.29, 1.82) is 0 Å². The molecule has 3 aliphatic heterocycles. The summed E-state index contributed by atoms with van der Waals surface area (Å²) in [7, 11) is 0. The van der Waals surface area contributed by atoms with Gasteiger partial charge in [0.15, 0.2) is 0 Å². The molecule has 0 spiro atoms. The smallest absolute Gasteiger partial charge is 0.0825 e. The Morgan fingerprint density at radius 1 is 1.33 bits per heavy atom. The molecule has 12 heavy (non-hydrogen) atoms. The van der Waals surface area contributed by atoms with Crippen LogP contribution in [0, 0.1) is 11.8 Å². The van der Waals surface area contributed by atoms with Crippen molar-refractivity contribution in [2.24, 2.45) is 11.8 Å².